The van der Waals surface area contributed by atoms with E-state index in [0.29, 0.717) is 10.8 Å². The van der Waals surface area contributed by atoms with Crippen molar-refractivity contribution in [3.05, 3.63) is 29.8 Å². The molecule has 0 saturated heterocycles. The van der Waals surface area contributed by atoms with Crippen molar-refractivity contribution in [3.8, 4) is 0 Å². The third kappa shape index (κ3) is 7.46. The van der Waals surface area contributed by atoms with Crippen LogP contribution in [0.2, 0.25) is 0 Å². The maximum atomic E-state index is 13.0. The second-order valence-electron chi connectivity index (χ2n) is 5.66. The van der Waals surface area contributed by atoms with Crippen molar-refractivity contribution in [2.45, 2.75) is 51.0 Å². The molecule has 1 aromatic rings. The maximum absolute atomic E-state index is 13.0. The van der Waals surface area contributed by atoms with Crippen molar-refractivity contribution in [2.75, 3.05) is 5.75 Å². The average Bonchev–Trinajstić information content (AvgIpc) is 2.39. The maximum Gasteiger partial charge on any atom is 0.230 e. The zero-order chi connectivity index (χ0) is 15.8. The van der Waals surface area contributed by atoms with E-state index < -0.39 is 11.6 Å². The summed E-state index contributed by atoms with van der Waals surface area (Å²) in [5.74, 6) is -0.955. The van der Waals surface area contributed by atoms with Gasteiger partial charge in [0.1, 0.15) is 0 Å². The average molecular weight is 315 g/mol. The standard InChI is InChI=1S/C16H23F2NOS/c1-11(2)5-4-6-12(3)19-16(20)10-21-13-7-8-14(17)15(18)9-13/h7-9,11-12H,4-6,10H2,1-3H3,(H,19,20). The molecule has 2 nitrogen and oxygen atoms in total. The van der Waals surface area contributed by atoms with Crippen LogP contribution in [-0.4, -0.2) is 17.7 Å². The van der Waals surface area contributed by atoms with Crippen LogP contribution < -0.4 is 5.32 Å². The molecule has 0 spiro atoms. The number of rotatable bonds is 8. The highest BCUT2D eigenvalue weighted by Crippen LogP contribution is 2.20. The second kappa shape index (κ2) is 9.03. The van der Waals surface area contributed by atoms with Crippen LogP contribution in [0, 0.1) is 17.6 Å². The van der Waals surface area contributed by atoms with E-state index in [9.17, 15) is 13.6 Å². The van der Waals surface area contributed by atoms with Gasteiger partial charge in [-0.3, -0.25) is 4.79 Å². The van der Waals surface area contributed by atoms with E-state index in [4.69, 9.17) is 0 Å². The van der Waals surface area contributed by atoms with E-state index in [1.165, 1.54) is 17.8 Å². The minimum absolute atomic E-state index is 0.0817. The van der Waals surface area contributed by atoms with Crippen molar-refractivity contribution in [1.82, 2.24) is 5.32 Å². The number of nitrogens with one attached hydrogen (secondary N) is 1. The van der Waals surface area contributed by atoms with Gasteiger partial charge in [0.05, 0.1) is 5.75 Å². The third-order valence-electron chi connectivity index (χ3n) is 3.09. The number of carbonyl (C=O) groups is 1. The zero-order valence-electron chi connectivity index (χ0n) is 12.8. The molecule has 1 amide bonds. The molecule has 0 radical (unpaired) electrons. The number of hydrogen-bond donors (Lipinski definition) is 1. The topological polar surface area (TPSA) is 29.1 Å². The molecule has 1 unspecified atom stereocenters. The SMILES string of the molecule is CC(C)CCCC(C)NC(=O)CSc1ccc(F)c(F)c1. The molecule has 1 rings (SSSR count). The molecule has 0 aromatic heterocycles. The summed E-state index contributed by atoms with van der Waals surface area (Å²) in [5, 5.41) is 2.92. The fourth-order valence-corrected chi connectivity index (χ4v) is 2.67. The van der Waals surface area contributed by atoms with Gasteiger partial charge in [0.25, 0.3) is 0 Å². The Morgan fingerprint density at radius 3 is 2.52 bits per heavy atom. The van der Waals surface area contributed by atoms with E-state index in [2.05, 4.69) is 19.2 Å². The fourth-order valence-electron chi connectivity index (χ4n) is 1.94. The fraction of sp³-hybridized carbons (Fsp3) is 0.562. The molecule has 0 fully saturated rings. The molecular weight excluding hydrogens is 292 g/mol. The van der Waals surface area contributed by atoms with Gasteiger partial charge in [-0.1, -0.05) is 26.7 Å². The molecule has 1 aromatic carbocycles. The van der Waals surface area contributed by atoms with Crippen LogP contribution >= 0.6 is 11.8 Å². The number of halogens is 2. The van der Waals surface area contributed by atoms with Gasteiger partial charge in [-0.25, -0.2) is 8.78 Å². The van der Waals surface area contributed by atoms with Crippen LogP contribution in [0.15, 0.2) is 23.1 Å². The molecule has 21 heavy (non-hydrogen) atoms. The zero-order valence-corrected chi connectivity index (χ0v) is 13.6. The lowest BCUT2D eigenvalue weighted by Gasteiger charge is -2.14. The van der Waals surface area contributed by atoms with Gasteiger partial charge >= 0.3 is 0 Å². The highest BCUT2D eigenvalue weighted by atomic mass is 32.2. The van der Waals surface area contributed by atoms with E-state index >= 15 is 0 Å². The quantitative estimate of drug-likeness (QED) is 0.721. The Morgan fingerprint density at radius 2 is 1.90 bits per heavy atom. The first kappa shape index (κ1) is 18.0. The summed E-state index contributed by atoms with van der Waals surface area (Å²) in [6, 6.07) is 3.80. The minimum Gasteiger partial charge on any atom is -0.353 e. The number of benzene rings is 1. The molecule has 5 heteroatoms. The van der Waals surface area contributed by atoms with Crippen LogP contribution in [0.4, 0.5) is 8.78 Å². The van der Waals surface area contributed by atoms with Crippen LogP contribution in [0.3, 0.4) is 0 Å². The monoisotopic (exact) mass is 315 g/mol. The lowest BCUT2D eigenvalue weighted by Crippen LogP contribution is -2.33. The molecule has 0 saturated carbocycles. The highest BCUT2D eigenvalue weighted by molar-refractivity contribution is 8.00. The lowest BCUT2D eigenvalue weighted by atomic mass is 10.0. The molecule has 1 atom stereocenters. The Labute approximate surface area is 129 Å². The van der Waals surface area contributed by atoms with Gasteiger partial charge in [0.15, 0.2) is 11.6 Å². The van der Waals surface area contributed by atoms with Crippen molar-refractivity contribution in [3.63, 3.8) is 0 Å². The van der Waals surface area contributed by atoms with E-state index in [1.807, 2.05) is 6.92 Å². The Balaban J connectivity index is 2.28. The first-order valence-corrected chi connectivity index (χ1v) is 8.24. The largest absolute Gasteiger partial charge is 0.353 e. The van der Waals surface area contributed by atoms with Gasteiger partial charge in [0.2, 0.25) is 5.91 Å². The first-order valence-electron chi connectivity index (χ1n) is 7.25. The molecule has 118 valence electrons. The Hall–Kier alpha value is -1.10. The Kier molecular flexibility index (Phi) is 7.72. The number of hydrogen-bond acceptors (Lipinski definition) is 2. The van der Waals surface area contributed by atoms with Gasteiger partial charge in [-0.05, 0) is 37.5 Å². The summed E-state index contributed by atoms with van der Waals surface area (Å²) in [7, 11) is 0. The van der Waals surface area contributed by atoms with E-state index in [-0.39, 0.29) is 17.7 Å². The van der Waals surface area contributed by atoms with Gasteiger partial charge in [-0.15, -0.1) is 11.8 Å². The van der Waals surface area contributed by atoms with E-state index in [1.54, 1.807) is 0 Å². The van der Waals surface area contributed by atoms with Crippen molar-refractivity contribution < 1.29 is 13.6 Å². The van der Waals surface area contributed by atoms with Crippen molar-refractivity contribution in [2.24, 2.45) is 5.92 Å². The predicted octanol–water partition coefficient (Wildman–Crippen LogP) is 4.39. The number of amides is 1. The van der Waals surface area contributed by atoms with Gasteiger partial charge < -0.3 is 5.32 Å². The first-order chi connectivity index (χ1) is 9.88. The van der Waals surface area contributed by atoms with Crippen molar-refractivity contribution in [1.29, 1.82) is 0 Å². The Morgan fingerprint density at radius 1 is 1.19 bits per heavy atom. The molecule has 0 aliphatic heterocycles. The summed E-state index contributed by atoms with van der Waals surface area (Å²) in [6.45, 7) is 6.35. The Bertz CT molecular complexity index is 466. The summed E-state index contributed by atoms with van der Waals surface area (Å²) in [6.07, 6.45) is 3.21. The molecule has 1 N–H and O–H groups in total. The summed E-state index contributed by atoms with van der Waals surface area (Å²) in [5.41, 5.74) is 0. The minimum atomic E-state index is -0.887. The predicted molar refractivity (Wildman–Crippen MR) is 83.4 cm³/mol. The highest BCUT2D eigenvalue weighted by Gasteiger charge is 2.09. The molecule has 0 aliphatic rings. The summed E-state index contributed by atoms with van der Waals surface area (Å²) < 4.78 is 25.8. The van der Waals surface area contributed by atoms with Gasteiger partial charge in [-0.2, -0.15) is 0 Å². The molecule has 0 bridgehead atoms. The van der Waals surface area contributed by atoms with Crippen LogP contribution in [0.1, 0.15) is 40.0 Å². The third-order valence-corrected chi connectivity index (χ3v) is 4.08. The van der Waals surface area contributed by atoms with E-state index in [0.717, 1.165) is 31.4 Å². The molecular formula is C16H23F2NOS. The molecule has 0 heterocycles. The number of carbonyl (C=O) groups excluding carboxylic acids is 1. The van der Waals surface area contributed by atoms with Crippen LogP contribution in [0.25, 0.3) is 0 Å². The summed E-state index contributed by atoms with van der Waals surface area (Å²) in [4.78, 5) is 12.3. The second-order valence-corrected chi connectivity index (χ2v) is 6.71. The van der Waals surface area contributed by atoms with Crippen LogP contribution in [-0.2, 0) is 4.79 Å². The van der Waals surface area contributed by atoms with Gasteiger partial charge in [0, 0.05) is 10.9 Å². The smallest absolute Gasteiger partial charge is 0.230 e. The normalized spacial score (nSPS) is 12.5. The molecule has 0 aliphatic carbocycles. The van der Waals surface area contributed by atoms with Crippen LogP contribution in [0.5, 0.6) is 0 Å². The summed E-state index contributed by atoms with van der Waals surface area (Å²) >= 11 is 1.20. The number of thioether (sulfide) groups is 1. The lowest BCUT2D eigenvalue weighted by molar-refractivity contribution is -0.119. The van der Waals surface area contributed by atoms with Crippen molar-refractivity contribution >= 4 is 17.7 Å².